The number of ketones is 1. The van der Waals surface area contributed by atoms with Crippen LogP contribution in [0.15, 0.2) is 61.2 Å². The van der Waals surface area contributed by atoms with Gasteiger partial charge in [0.05, 0.1) is 14.2 Å². The van der Waals surface area contributed by atoms with E-state index in [4.69, 9.17) is 9.47 Å². The molecule has 3 aromatic heterocycles. The number of hydrogen-bond donors (Lipinski definition) is 1. The van der Waals surface area contributed by atoms with E-state index >= 15 is 0 Å². The first-order valence-electron chi connectivity index (χ1n) is 8.35. The van der Waals surface area contributed by atoms with Crippen LogP contribution < -0.4 is 9.47 Å². The van der Waals surface area contributed by atoms with Crippen molar-refractivity contribution in [3.8, 4) is 22.6 Å². The molecule has 0 fully saturated rings. The van der Waals surface area contributed by atoms with Gasteiger partial charge in [-0.2, -0.15) is 0 Å². The third-order valence-electron chi connectivity index (χ3n) is 4.38. The molecule has 134 valence electrons. The summed E-state index contributed by atoms with van der Waals surface area (Å²) in [6.45, 7) is 0. The Hall–Kier alpha value is -3.67. The molecule has 0 amide bonds. The molecule has 0 bridgehead atoms. The van der Waals surface area contributed by atoms with E-state index < -0.39 is 0 Å². The van der Waals surface area contributed by atoms with Crippen molar-refractivity contribution in [2.45, 2.75) is 0 Å². The number of benzene rings is 1. The monoisotopic (exact) mass is 359 g/mol. The van der Waals surface area contributed by atoms with E-state index in [0.29, 0.717) is 28.3 Å². The van der Waals surface area contributed by atoms with Gasteiger partial charge in [-0.25, -0.2) is 4.98 Å². The zero-order chi connectivity index (χ0) is 18.8. The first-order valence-corrected chi connectivity index (χ1v) is 8.35. The van der Waals surface area contributed by atoms with Gasteiger partial charge < -0.3 is 14.5 Å². The van der Waals surface area contributed by atoms with E-state index in [0.717, 1.165) is 16.5 Å². The number of carbonyl (C=O) groups excluding carboxylic acids is 1. The fourth-order valence-corrected chi connectivity index (χ4v) is 2.98. The summed E-state index contributed by atoms with van der Waals surface area (Å²) in [4.78, 5) is 24.8. The molecule has 0 aliphatic heterocycles. The average molecular weight is 359 g/mol. The van der Waals surface area contributed by atoms with Crippen molar-refractivity contribution < 1.29 is 14.3 Å². The van der Waals surface area contributed by atoms with Crippen LogP contribution in [-0.2, 0) is 0 Å². The number of carbonyl (C=O) groups is 1. The standard InChI is InChI=1S/C21H17N3O3/c1-26-16-6-14(7-17(9-16)27-2)20(25)19-12-24-21-18(19)8-15(11-23-21)13-4-3-5-22-10-13/h3-12H,1-2H3,(H,23,24). The van der Waals surface area contributed by atoms with Gasteiger partial charge in [0, 0.05) is 58.5 Å². The number of aromatic nitrogens is 3. The van der Waals surface area contributed by atoms with Crippen LogP contribution in [0.1, 0.15) is 15.9 Å². The fraction of sp³-hybridized carbons (Fsp3) is 0.0952. The highest BCUT2D eigenvalue weighted by Gasteiger charge is 2.17. The fourth-order valence-electron chi connectivity index (χ4n) is 2.98. The Labute approximate surface area is 155 Å². The Morgan fingerprint density at radius 3 is 2.44 bits per heavy atom. The summed E-state index contributed by atoms with van der Waals surface area (Å²) in [5.74, 6) is 0.988. The summed E-state index contributed by atoms with van der Waals surface area (Å²) in [6, 6.07) is 10.9. The molecule has 6 nitrogen and oxygen atoms in total. The molecular weight excluding hydrogens is 342 g/mol. The van der Waals surface area contributed by atoms with Crippen LogP contribution in [0.5, 0.6) is 11.5 Å². The summed E-state index contributed by atoms with van der Waals surface area (Å²) in [5.41, 5.74) is 3.51. The summed E-state index contributed by atoms with van der Waals surface area (Å²) in [6.07, 6.45) is 6.93. The van der Waals surface area contributed by atoms with Gasteiger partial charge in [-0.05, 0) is 24.3 Å². The van der Waals surface area contributed by atoms with E-state index in [9.17, 15) is 4.79 Å². The van der Waals surface area contributed by atoms with Crippen molar-refractivity contribution >= 4 is 16.8 Å². The molecule has 0 saturated heterocycles. The topological polar surface area (TPSA) is 77.1 Å². The lowest BCUT2D eigenvalue weighted by Gasteiger charge is -2.08. The zero-order valence-electron chi connectivity index (χ0n) is 14.9. The normalized spacial score (nSPS) is 10.7. The van der Waals surface area contributed by atoms with Gasteiger partial charge in [-0.15, -0.1) is 0 Å². The maximum atomic E-state index is 13.1. The molecule has 0 atom stereocenters. The molecule has 4 aromatic rings. The predicted molar refractivity (Wildman–Crippen MR) is 102 cm³/mol. The van der Waals surface area contributed by atoms with Crippen LogP contribution in [0.2, 0.25) is 0 Å². The molecule has 6 heteroatoms. The average Bonchev–Trinajstić information content (AvgIpc) is 3.16. The number of nitrogens with one attached hydrogen (secondary N) is 1. The van der Waals surface area contributed by atoms with Crippen LogP contribution in [0.4, 0.5) is 0 Å². The van der Waals surface area contributed by atoms with Gasteiger partial charge in [-0.3, -0.25) is 9.78 Å². The van der Waals surface area contributed by atoms with Crippen molar-refractivity contribution in [1.82, 2.24) is 15.0 Å². The number of pyridine rings is 2. The molecule has 0 aliphatic rings. The van der Waals surface area contributed by atoms with Gasteiger partial charge in [-0.1, -0.05) is 6.07 Å². The van der Waals surface area contributed by atoms with Crippen LogP contribution in [0, 0.1) is 0 Å². The Balaban J connectivity index is 1.81. The molecule has 1 aromatic carbocycles. The first-order chi connectivity index (χ1) is 13.2. The van der Waals surface area contributed by atoms with Crippen molar-refractivity contribution in [3.63, 3.8) is 0 Å². The number of methoxy groups -OCH3 is 2. The minimum absolute atomic E-state index is 0.136. The maximum Gasteiger partial charge on any atom is 0.195 e. The third kappa shape index (κ3) is 3.13. The molecule has 0 unspecified atom stereocenters. The zero-order valence-corrected chi connectivity index (χ0v) is 14.9. The van der Waals surface area contributed by atoms with Crippen LogP contribution in [0.25, 0.3) is 22.2 Å². The second-order valence-electron chi connectivity index (χ2n) is 5.99. The lowest BCUT2D eigenvalue weighted by Crippen LogP contribution is -2.02. The van der Waals surface area contributed by atoms with Crippen LogP contribution >= 0.6 is 0 Å². The van der Waals surface area contributed by atoms with E-state index in [1.807, 2.05) is 18.2 Å². The second kappa shape index (κ2) is 6.92. The van der Waals surface area contributed by atoms with Crippen molar-refractivity contribution in [1.29, 1.82) is 0 Å². The van der Waals surface area contributed by atoms with E-state index in [2.05, 4.69) is 15.0 Å². The minimum Gasteiger partial charge on any atom is -0.497 e. The molecule has 3 heterocycles. The summed E-state index contributed by atoms with van der Waals surface area (Å²) in [7, 11) is 3.11. The minimum atomic E-state index is -0.136. The number of ether oxygens (including phenoxy) is 2. The van der Waals surface area contributed by atoms with Gasteiger partial charge in [0.2, 0.25) is 0 Å². The quantitative estimate of drug-likeness (QED) is 0.547. The third-order valence-corrected chi connectivity index (χ3v) is 4.38. The lowest BCUT2D eigenvalue weighted by molar-refractivity contribution is 0.103. The number of rotatable bonds is 5. The van der Waals surface area contributed by atoms with Gasteiger partial charge in [0.15, 0.2) is 5.78 Å². The van der Waals surface area contributed by atoms with Gasteiger partial charge >= 0.3 is 0 Å². The highest BCUT2D eigenvalue weighted by Crippen LogP contribution is 2.28. The molecule has 0 aliphatic carbocycles. The van der Waals surface area contributed by atoms with E-state index in [1.54, 1.807) is 57.2 Å². The predicted octanol–water partition coefficient (Wildman–Crippen LogP) is 3.87. The van der Waals surface area contributed by atoms with Crippen LogP contribution in [-0.4, -0.2) is 35.0 Å². The Bertz CT molecular complexity index is 1100. The second-order valence-corrected chi connectivity index (χ2v) is 5.99. The maximum absolute atomic E-state index is 13.1. The number of H-pyrrole nitrogens is 1. The van der Waals surface area contributed by atoms with E-state index in [-0.39, 0.29) is 5.78 Å². The summed E-state index contributed by atoms with van der Waals surface area (Å²) < 4.78 is 10.5. The number of fused-ring (bicyclic) bond motifs is 1. The molecule has 0 saturated carbocycles. The number of aromatic amines is 1. The lowest BCUT2D eigenvalue weighted by atomic mass is 10.0. The number of nitrogens with zero attached hydrogens (tertiary/aromatic N) is 2. The Morgan fingerprint density at radius 1 is 1.00 bits per heavy atom. The smallest absolute Gasteiger partial charge is 0.195 e. The molecule has 0 spiro atoms. The number of hydrogen-bond acceptors (Lipinski definition) is 5. The Kier molecular flexibility index (Phi) is 4.30. The Morgan fingerprint density at radius 2 is 1.78 bits per heavy atom. The highest BCUT2D eigenvalue weighted by atomic mass is 16.5. The molecule has 27 heavy (non-hydrogen) atoms. The molecule has 1 N–H and O–H groups in total. The van der Waals surface area contributed by atoms with Crippen molar-refractivity contribution in [2.24, 2.45) is 0 Å². The van der Waals surface area contributed by atoms with Gasteiger partial charge in [0.1, 0.15) is 17.1 Å². The largest absolute Gasteiger partial charge is 0.497 e. The van der Waals surface area contributed by atoms with Gasteiger partial charge in [0.25, 0.3) is 0 Å². The molecule has 0 radical (unpaired) electrons. The summed E-state index contributed by atoms with van der Waals surface area (Å²) in [5, 5.41) is 0.753. The van der Waals surface area contributed by atoms with Crippen LogP contribution in [0.3, 0.4) is 0 Å². The molecule has 4 rings (SSSR count). The molecular formula is C21H17N3O3. The first kappa shape index (κ1) is 16.8. The van der Waals surface area contributed by atoms with Crippen molar-refractivity contribution in [2.75, 3.05) is 14.2 Å². The van der Waals surface area contributed by atoms with E-state index in [1.165, 1.54) is 0 Å². The van der Waals surface area contributed by atoms with Crippen molar-refractivity contribution in [3.05, 3.63) is 72.3 Å². The summed E-state index contributed by atoms with van der Waals surface area (Å²) >= 11 is 0. The SMILES string of the molecule is COc1cc(OC)cc(C(=O)c2c[nH]c3ncc(-c4cccnc4)cc23)c1. The highest BCUT2D eigenvalue weighted by molar-refractivity contribution is 6.16.